The van der Waals surface area contributed by atoms with E-state index in [4.69, 9.17) is 11.6 Å². The summed E-state index contributed by atoms with van der Waals surface area (Å²) in [4.78, 5) is 39.9. The van der Waals surface area contributed by atoms with Crippen LogP contribution in [0.5, 0.6) is 0 Å². The lowest BCUT2D eigenvalue weighted by molar-refractivity contribution is -0.133. The second-order valence-corrected chi connectivity index (χ2v) is 8.12. The fraction of sp³-hybridized carbons (Fsp3) is 0.550. The summed E-state index contributed by atoms with van der Waals surface area (Å²) in [6.07, 6.45) is 1.37. The van der Waals surface area contributed by atoms with Gasteiger partial charge in [0.15, 0.2) is 0 Å². The fourth-order valence-corrected chi connectivity index (χ4v) is 4.17. The highest BCUT2D eigenvalue weighted by Crippen LogP contribution is 2.28. The summed E-state index contributed by atoms with van der Waals surface area (Å²) in [7, 11) is 0. The number of benzene rings is 1. The van der Waals surface area contributed by atoms with Crippen molar-refractivity contribution < 1.29 is 14.4 Å². The third-order valence-corrected chi connectivity index (χ3v) is 6.10. The monoisotopic (exact) mass is 406 g/mol. The van der Waals surface area contributed by atoms with E-state index in [9.17, 15) is 14.4 Å². The van der Waals surface area contributed by atoms with Crippen LogP contribution in [0, 0.1) is 0 Å². The van der Waals surface area contributed by atoms with Crippen molar-refractivity contribution in [3.8, 4) is 0 Å². The van der Waals surface area contributed by atoms with Gasteiger partial charge in [0.05, 0.1) is 0 Å². The highest BCUT2D eigenvalue weighted by Gasteiger charge is 2.41. The number of nitrogens with one attached hydrogen (secondary N) is 2. The van der Waals surface area contributed by atoms with Gasteiger partial charge >= 0.3 is 6.03 Å². The Bertz CT molecular complexity index is 764. The van der Waals surface area contributed by atoms with Crippen molar-refractivity contribution in [2.75, 3.05) is 26.2 Å². The van der Waals surface area contributed by atoms with Crippen molar-refractivity contribution in [1.82, 2.24) is 20.4 Å². The zero-order valence-electron chi connectivity index (χ0n) is 16.3. The molecule has 0 spiro atoms. The van der Waals surface area contributed by atoms with Crippen LogP contribution in [0.4, 0.5) is 4.79 Å². The van der Waals surface area contributed by atoms with Gasteiger partial charge in [-0.25, -0.2) is 4.79 Å². The predicted octanol–water partition coefficient (Wildman–Crippen LogP) is 2.31. The van der Waals surface area contributed by atoms with Crippen molar-refractivity contribution in [1.29, 1.82) is 0 Å². The van der Waals surface area contributed by atoms with E-state index in [0.29, 0.717) is 32.4 Å². The number of carbonyl (C=O) groups is 3. The molecule has 2 saturated heterocycles. The Hall–Kier alpha value is -2.12. The minimum atomic E-state index is -0.916. The molecule has 152 valence electrons. The second-order valence-electron chi connectivity index (χ2n) is 7.71. The van der Waals surface area contributed by atoms with Gasteiger partial charge in [0.25, 0.3) is 5.91 Å². The maximum absolute atomic E-state index is 12.5. The molecule has 2 fully saturated rings. The van der Waals surface area contributed by atoms with E-state index in [0.717, 1.165) is 23.7 Å². The Labute approximate surface area is 170 Å². The molecule has 0 bridgehead atoms. The summed E-state index contributed by atoms with van der Waals surface area (Å²) in [5.41, 5.74) is 0.189. The number of halogens is 1. The largest absolute Gasteiger partial charge is 0.340 e. The third-order valence-electron chi connectivity index (χ3n) is 5.76. The molecule has 2 N–H and O–H groups in total. The van der Waals surface area contributed by atoms with Gasteiger partial charge in [-0.15, -0.1) is 0 Å². The number of rotatable bonds is 6. The molecule has 2 aliphatic heterocycles. The number of nitrogens with zero attached hydrogens (tertiary/aromatic N) is 2. The molecule has 0 aliphatic carbocycles. The first-order valence-electron chi connectivity index (χ1n) is 9.70. The van der Waals surface area contributed by atoms with Crippen molar-refractivity contribution in [3.05, 3.63) is 34.9 Å². The van der Waals surface area contributed by atoms with E-state index in [-0.39, 0.29) is 17.9 Å². The lowest BCUT2D eigenvalue weighted by Crippen LogP contribution is -2.49. The molecule has 4 amide bonds. The third kappa shape index (κ3) is 4.47. The van der Waals surface area contributed by atoms with Gasteiger partial charge in [-0.1, -0.05) is 29.8 Å². The molecule has 0 aromatic heterocycles. The van der Waals surface area contributed by atoms with E-state index >= 15 is 0 Å². The highest BCUT2D eigenvalue weighted by molar-refractivity contribution is 6.31. The Kier molecular flexibility index (Phi) is 6.25. The number of urea groups is 1. The molecule has 8 heteroatoms. The van der Waals surface area contributed by atoms with Crippen LogP contribution < -0.4 is 10.6 Å². The number of carbonyl (C=O) groups excluding carboxylic acids is 3. The Balaban J connectivity index is 1.44. The molecule has 1 aromatic rings. The summed E-state index contributed by atoms with van der Waals surface area (Å²) < 4.78 is 0. The summed E-state index contributed by atoms with van der Waals surface area (Å²) in [5, 5.41) is 5.64. The molecule has 7 nitrogen and oxygen atoms in total. The molecule has 28 heavy (non-hydrogen) atoms. The molecular weight excluding hydrogens is 380 g/mol. The van der Waals surface area contributed by atoms with E-state index in [1.165, 1.54) is 0 Å². The van der Waals surface area contributed by atoms with Crippen LogP contribution in [0.1, 0.15) is 44.7 Å². The second kappa shape index (κ2) is 8.49. The van der Waals surface area contributed by atoms with E-state index in [1.54, 1.807) is 6.92 Å². The van der Waals surface area contributed by atoms with Gasteiger partial charge in [-0.2, -0.15) is 0 Å². The molecule has 2 aliphatic rings. The van der Waals surface area contributed by atoms with E-state index in [1.807, 2.05) is 29.2 Å². The minimum Gasteiger partial charge on any atom is -0.340 e. The van der Waals surface area contributed by atoms with Crippen LogP contribution >= 0.6 is 11.6 Å². The van der Waals surface area contributed by atoms with Crippen molar-refractivity contribution >= 4 is 29.4 Å². The molecule has 2 heterocycles. The topological polar surface area (TPSA) is 81.8 Å². The van der Waals surface area contributed by atoms with Crippen LogP contribution in [0.2, 0.25) is 5.02 Å². The van der Waals surface area contributed by atoms with Gasteiger partial charge in [0.1, 0.15) is 5.54 Å². The zero-order chi connectivity index (χ0) is 20.3. The van der Waals surface area contributed by atoms with Crippen LogP contribution in [0.15, 0.2) is 24.3 Å². The highest BCUT2D eigenvalue weighted by atomic mass is 35.5. The maximum atomic E-state index is 12.5. The van der Waals surface area contributed by atoms with Crippen LogP contribution in [0.25, 0.3) is 0 Å². The maximum Gasteiger partial charge on any atom is 0.322 e. The molecule has 1 aromatic carbocycles. The lowest BCUT2D eigenvalue weighted by Gasteiger charge is -2.38. The van der Waals surface area contributed by atoms with Gasteiger partial charge < -0.3 is 10.2 Å². The van der Waals surface area contributed by atoms with Crippen LogP contribution in [-0.4, -0.2) is 59.4 Å². The normalized spacial score (nSPS) is 24.0. The molecule has 0 radical (unpaired) electrons. The van der Waals surface area contributed by atoms with Gasteiger partial charge in [0.2, 0.25) is 5.91 Å². The first kappa shape index (κ1) is 20.6. The smallest absolute Gasteiger partial charge is 0.322 e. The van der Waals surface area contributed by atoms with Crippen LogP contribution in [-0.2, 0) is 9.59 Å². The lowest BCUT2D eigenvalue weighted by atomic mass is 9.95. The standard InChI is InChI=1S/C20H27ClN4O3/c1-14(15-6-3-4-7-16(15)21)24-10-12-25(13-11-24)17(26)8-5-9-20(2)18(27)22-19(28)23-20/h3-4,6-7,14H,5,8-13H2,1-2H3,(H2,22,23,27,28)/t14-,20+/m0/s1. The Morgan fingerprint density at radius 2 is 1.89 bits per heavy atom. The average molecular weight is 407 g/mol. The quantitative estimate of drug-likeness (QED) is 0.710. The van der Waals surface area contributed by atoms with E-state index < -0.39 is 11.6 Å². The minimum absolute atomic E-state index is 0.0957. The van der Waals surface area contributed by atoms with Gasteiger partial charge in [-0.3, -0.25) is 19.8 Å². The zero-order valence-corrected chi connectivity index (χ0v) is 17.1. The number of imide groups is 1. The molecular formula is C20H27ClN4O3. The number of piperazine rings is 1. The van der Waals surface area contributed by atoms with Crippen molar-refractivity contribution in [3.63, 3.8) is 0 Å². The number of hydrogen-bond acceptors (Lipinski definition) is 4. The first-order chi connectivity index (χ1) is 13.3. The van der Waals surface area contributed by atoms with Gasteiger partial charge in [0, 0.05) is 43.7 Å². The summed E-state index contributed by atoms with van der Waals surface area (Å²) in [6, 6.07) is 7.60. The average Bonchev–Trinajstić information content (AvgIpc) is 2.93. The number of hydrogen-bond donors (Lipinski definition) is 2. The SMILES string of the molecule is C[C@@H](c1ccccc1Cl)N1CCN(C(=O)CCC[C@@]2(C)NC(=O)NC2=O)CC1. The summed E-state index contributed by atoms with van der Waals surface area (Å²) in [6.45, 7) is 6.79. The molecule has 0 unspecified atom stereocenters. The predicted molar refractivity (Wildman–Crippen MR) is 107 cm³/mol. The first-order valence-corrected chi connectivity index (χ1v) is 10.1. The van der Waals surface area contributed by atoms with Crippen molar-refractivity contribution in [2.24, 2.45) is 0 Å². The van der Waals surface area contributed by atoms with E-state index in [2.05, 4.69) is 22.5 Å². The Morgan fingerprint density at radius 1 is 1.21 bits per heavy atom. The fourth-order valence-electron chi connectivity index (χ4n) is 3.88. The number of amides is 4. The molecule has 3 rings (SSSR count). The Morgan fingerprint density at radius 3 is 2.50 bits per heavy atom. The van der Waals surface area contributed by atoms with Gasteiger partial charge in [-0.05, 0) is 38.3 Å². The van der Waals surface area contributed by atoms with Crippen molar-refractivity contribution in [2.45, 2.75) is 44.7 Å². The summed E-state index contributed by atoms with van der Waals surface area (Å²) >= 11 is 6.31. The van der Waals surface area contributed by atoms with Crippen LogP contribution in [0.3, 0.4) is 0 Å². The molecule has 0 saturated carbocycles. The molecule has 2 atom stereocenters. The summed E-state index contributed by atoms with van der Waals surface area (Å²) in [5.74, 6) is -0.231.